The summed E-state index contributed by atoms with van der Waals surface area (Å²) >= 11 is 0. The first-order valence-corrected chi connectivity index (χ1v) is 10.9. The number of hydrogen-bond donors (Lipinski definition) is 1. The van der Waals surface area contributed by atoms with Gasteiger partial charge in [0.1, 0.15) is 0 Å². The highest BCUT2D eigenvalue weighted by atomic mass is 16.1. The predicted molar refractivity (Wildman–Crippen MR) is 113 cm³/mol. The number of nitrogens with zero attached hydrogens (tertiary/aromatic N) is 1. The van der Waals surface area contributed by atoms with E-state index in [1.54, 1.807) is 6.92 Å². The first-order valence-electron chi connectivity index (χ1n) is 10.9. The van der Waals surface area contributed by atoms with Crippen LogP contribution in [0.3, 0.4) is 0 Å². The number of likely N-dealkylation sites (tertiary alicyclic amines) is 1. The quantitative estimate of drug-likeness (QED) is 0.785. The summed E-state index contributed by atoms with van der Waals surface area (Å²) in [6.07, 6.45) is 12.6. The highest BCUT2D eigenvalue weighted by molar-refractivity contribution is 5.73. The van der Waals surface area contributed by atoms with Crippen LogP contribution in [0, 0.1) is 17.8 Å². The number of nitrogens with one attached hydrogen (secondary N) is 1. The largest absolute Gasteiger partial charge is 0.350 e. The maximum atomic E-state index is 11.6. The number of allylic oxidation sites excluding steroid dienone is 2. The van der Waals surface area contributed by atoms with E-state index in [9.17, 15) is 4.79 Å². The molecule has 1 aromatic carbocycles. The molecule has 27 heavy (non-hydrogen) atoms. The van der Waals surface area contributed by atoms with Crippen molar-refractivity contribution in [2.45, 2.75) is 56.9 Å². The molecule has 2 bridgehead atoms. The fraction of sp³-hybridized carbons (Fsp3) is 0.625. The Kier molecular flexibility index (Phi) is 4.39. The van der Waals surface area contributed by atoms with Crippen molar-refractivity contribution < 1.29 is 7.65 Å². The van der Waals surface area contributed by atoms with Crippen molar-refractivity contribution >= 4 is 5.91 Å². The molecule has 3 heteroatoms. The van der Waals surface area contributed by atoms with Crippen molar-refractivity contribution in [1.82, 2.24) is 10.2 Å². The van der Waals surface area contributed by atoms with Crippen LogP contribution in [0.5, 0.6) is 0 Å². The van der Waals surface area contributed by atoms with Gasteiger partial charge in [0.05, 0.1) is 6.04 Å². The minimum absolute atomic E-state index is 0. The van der Waals surface area contributed by atoms with E-state index >= 15 is 0 Å². The van der Waals surface area contributed by atoms with Gasteiger partial charge in [-0.3, -0.25) is 4.79 Å². The minimum Gasteiger partial charge on any atom is -0.350 e. The van der Waals surface area contributed by atoms with Crippen LogP contribution >= 0.6 is 0 Å². The molecule has 1 heterocycles. The Balaban J connectivity index is 0.00000120. The van der Waals surface area contributed by atoms with E-state index in [1.165, 1.54) is 62.9 Å². The lowest BCUT2D eigenvalue weighted by Crippen LogP contribution is -2.47. The Labute approximate surface area is 166 Å². The maximum Gasteiger partial charge on any atom is 0.217 e. The van der Waals surface area contributed by atoms with E-state index in [1.807, 2.05) is 0 Å². The molecule has 5 rings (SSSR count). The van der Waals surface area contributed by atoms with E-state index in [4.69, 9.17) is 0 Å². The molecule has 1 spiro atoms. The minimum atomic E-state index is 0. The molecule has 1 aromatic rings. The molecule has 4 aliphatic rings. The predicted octanol–water partition coefficient (Wildman–Crippen LogP) is 4.70. The first kappa shape index (κ1) is 17.5. The summed E-state index contributed by atoms with van der Waals surface area (Å²) in [6, 6.07) is 9.09. The number of rotatable bonds is 3. The highest BCUT2D eigenvalue weighted by Gasteiger charge is 2.43. The second-order valence-corrected chi connectivity index (χ2v) is 9.50. The molecule has 3 aliphatic carbocycles. The van der Waals surface area contributed by atoms with E-state index in [0.29, 0.717) is 5.41 Å². The Bertz CT molecular complexity index is 757. The number of amides is 1. The van der Waals surface area contributed by atoms with Crippen LogP contribution in [0.15, 0.2) is 36.4 Å². The van der Waals surface area contributed by atoms with E-state index in [0.717, 1.165) is 24.2 Å². The molecule has 3 nitrogen and oxygen atoms in total. The molecule has 4 atom stereocenters. The van der Waals surface area contributed by atoms with Crippen LogP contribution in [0.4, 0.5) is 0 Å². The number of hydrogen-bond acceptors (Lipinski definition) is 2. The zero-order valence-corrected chi connectivity index (χ0v) is 16.5. The average Bonchev–Trinajstić information content (AvgIpc) is 3.29. The molecule has 1 saturated carbocycles. The molecular formula is C24H36N2O. The van der Waals surface area contributed by atoms with Gasteiger partial charge in [-0.2, -0.15) is 0 Å². The molecule has 1 N–H and O–H groups in total. The smallest absolute Gasteiger partial charge is 0.217 e. The molecule has 1 unspecified atom stereocenters. The molecule has 0 radical (unpaired) electrons. The van der Waals surface area contributed by atoms with E-state index < -0.39 is 0 Å². The zero-order chi connectivity index (χ0) is 18.4. The molecule has 2 fully saturated rings. The topological polar surface area (TPSA) is 32.3 Å². The van der Waals surface area contributed by atoms with Gasteiger partial charge in [0, 0.05) is 16.3 Å². The molecule has 1 saturated heterocycles. The lowest BCUT2D eigenvalue weighted by Gasteiger charge is -2.48. The molecule has 1 amide bonds. The summed E-state index contributed by atoms with van der Waals surface area (Å²) < 4.78 is 0. The van der Waals surface area contributed by atoms with Gasteiger partial charge in [0.2, 0.25) is 5.91 Å². The van der Waals surface area contributed by atoms with E-state index in [2.05, 4.69) is 46.6 Å². The van der Waals surface area contributed by atoms with Crippen molar-refractivity contribution in [2.75, 3.05) is 19.6 Å². The summed E-state index contributed by atoms with van der Waals surface area (Å²) in [6.45, 7) is 5.40. The van der Waals surface area contributed by atoms with Crippen LogP contribution in [0.2, 0.25) is 0 Å². The summed E-state index contributed by atoms with van der Waals surface area (Å²) in [5.74, 6) is 2.73. The number of piperidine rings is 1. The van der Waals surface area contributed by atoms with Crippen LogP contribution in [-0.4, -0.2) is 30.4 Å². The van der Waals surface area contributed by atoms with Gasteiger partial charge in [-0.1, -0.05) is 36.4 Å². The van der Waals surface area contributed by atoms with Crippen LogP contribution in [-0.2, 0) is 10.2 Å². The first-order chi connectivity index (χ1) is 13.1. The van der Waals surface area contributed by atoms with Crippen molar-refractivity contribution in [3.63, 3.8) is 0 Å². The number of carbonyl (C=O) groups is 1. The van der Waals surface area contributed by atoms with Gasteiger partial charge in [0.25, 0.3) is 0 Å². The van der Waals surface area contributed by atoms with Gasteiger partial charge in [-0.15, -0.1) is 0 Å². The SMILES string of the molecule is CC(=O)N[C@H]1CCC2(CCN(C[C@@H]3C[C@H]4C=CC3C4)CC2)c2ccccc21.[HH].[HH]. The third-order valence-electron chi connectivity index (χ3n) is 7.92. The van der Waals surface area contributed by atoms with Gasteiger partial charge >= 0.3 is 0 Å². The Morgan fingerprint density at radius 2 is 2.00 bits per heavy atom. The van der Waals surface area contributed by atoms with Crippen LogP contribution < -0.4 is 5.32 Å². The maximum absolute atomic E-state index is 11.6. The Morgan fingerprint density at radius 1 is 1.19 bits per heavy atom. The molecule has 0 aromatic heterocycles. The third kappa shape index (κ3) is 3.14. The number of benzene rings is 1. The van der Waals surface area contributed by atoms with Crippen molar-refractivity contribution in [2.24, 2.45) is 17.8 Å². The number of fused-ring (bicyclic) bond motifs is 4. The summed E-state index contributed by atoms with van der Waals surface area (Å²) in [5, 5.41) is 3.18. The Morgan fingerprint density at radius 3 is 2.70 bits per heavy atom. The lowest BCUT2D eigenvalue weighted by atomic mass is 9.63. The van der Waals surface area contributed by atoms with Gasteiger partial charge < -0.3 is 10.2 Å². The van der Waals surface area contributed by atoms with Crippen molar-refractivity contribution in [3.8, 4) is 0 Å². The third-order valence-corrected chi connectivity index (χ3v) is 7.92. The summed E-state index contributed by atoms with van der Waals surface area (Å²) in [7, 11) is 0. The van der Waals surface area contributed by atoms with Gasteiger partial charge in [0.15, 0.2) is 0 Å². The normalized spacial score (nSPS) is 34.0. The summed E-state index contributed by atoms with van der Waals surface area (Å²) in [5.41, 5.74) is 3.21. The highest BCUT2D eigenvalue weighted by Crippen LogP contribution is 2.49. The van der Waals surface area contributed by atoms with E-state index in [-0.39, 0.29) is 14.8 Å². The van der Waals surface area contributed by atoms with Gasteiger partial charge in [-0.05, 0) is 85.9 Å². The molecule has 148 valence electrons. The summed E-state index contributed by atoms with van der Waals surface area (Å²) in [4.78, 5) is 14.4. The lowest BCUT2D eigenvalue weighted by molar-refractivity contribution is -0.119. The second kappa shape index (κ2) is 6.77. The van der Waals surface area contributed by atoms with Gasteiger partial charge in [-0.25, -0.2) is 0 Å². The Hall–Kier alpha value is -1.61. The second-order valence-electron chi connectivity index (χ2n) is 9.50. The standard InChI is InChI=1S/C24H32N2O.2H2/c1-17(27)25-23-8-9-24(22-5-3-2-4-21(22)23)10-12-26(13-11-24)16-20-15-18-6-7-19(20)14-18;;/h2-7,18-20,23H,8-16H2,1H3,(H,25,27);2*1H/t18-,19?,20-,23-;;/m0../s1. The fourth-order valence-electron chi connectivity index (χ4n) is 6.51. The van der Waals surface area contributed by atoms with Crippen LogP contribution in [0.1, 0.15) is 65.5 Å². The average molecular weight is 369 g/mol. The molecular weight excluding hydrogens is 332 g/mol. The van der Waals surface area contributed by atoms with Crippen molar-refractivity contribution in [1.29, 1.82) is 0 Å². The fourth-order valence-corrected chi connectivity index (χ4v) is 6.51. The number of carbonyl (C=O) groups excluding carboxylic acids is 1. The van der Waals surface area contributed by atoms with Crippen molar-refractivity contribution in [3.05, 3.63) is 47.5 Å². The van der Waals surface area contributed by atoms with Crippen LogP contribution in [0.25, 0.3) is 0 Å². The molecule has 1 aliphatic heterocycles. The monoisotopic (exact) mass is 368 g/mol. The zero-order valence-electron chi connectivity index (χ0n) is 16.5.